The lowest BCUT2D eigenvalue weighted by atomic mass is 10.1. The van der Waals surface area contributed by atoms with Crippen LogP contribution in [0.2, 0.25) is 0 Å². The van der Waals surface area contributed by atoms with Gasteiger partial charge in [-0.15, -0.1) is 0 Å². The van der Waals surface area contributed by atoms with Crippen LogP contribution in [-0.4, -0.2) is 30.9 Å². The molecule has 4 rings (SSSR count). The van der Waals surface area contributed by atoms with Crippen LogP contribution >= 0.6 is 0 Å². The first kappa shape index (κ1) is 16.8. The topological polar surface area (TPSA) is 75.4 Å². The lowest BCUT2D eigenvalue weighted by Crippen LogP contribution is -2.41. The largest absolute Gasteiger partial charge is 0.352 e. The van der Waals surface area contributed by atoms with Crippen LogP contribution in [0.15, 0.2) is 42.5 Å². The van der Waals surface area contributed by atoms with Crippen LogP contribution in [0.1, 0.15) is 24.5 Å². The summed E-state index contributed by atoms with van der Waals surface area (Å²) in [6, 6.07) is 14.5. The molecular formula is C21H23N3O2. The molecule has 26 heavy (non-hydrogen) atoms. The van der Waals surface area contributed by atoms with Gasteiger partial charge in [0.1, 0.15) is 0 Å². The zero-order chi connectivity index (χ0) is 18.3. The molecule has 2 aromatic rings. The van der Waals surface area contributed by atoms with Crippen molar-refractivity contribution in [2.45, 2.75) is 25.8 Å². The van der Waals surface area contributed by atoms with Crippen molar-refractivity contribution in [3.63, 3.8) is 0 Å². The standard InChI is InChI=1S/C21H23N3O2/c1-13(11-22)23-21(26)16-10-20(25)24(12-16)17-6-7-19-15(9-17)8-14-4-2-3-5-18(14)19/h2-7,9,13,16H,8,10-12,22H2,1H3,(H,23,26)/t13-,16?/m0/s1. The summed E-state index contributed by atoms with van der Waals surface area (Å²) in [6.45, 7) is 2.68. The van der Waals surface area contributed by atoms with Gasteiger partial charge in [-0.25, -0.2) is 0 Å². The molecule has 0 bridgehead atoms. The van der Waals surface area contributed by atoms with E-state index in [1.807, 2.05) is 13.0 Å². The molecule has 0 spiro atoms. The van der Waals surface area contributed by atoms with E-state index < -0.39 is 0 Å². The van der Waals surface area contributed by atoms with E-state index in [9.17, 15) is 9.59 Å². The molecule has 1 unspecified atom stereocenters. The molecule has 2 aliphatic rings. The number of carbonyl (C=O) groups is 2. The van der Waals surface area contributed by atoms with E-state index in [4.69, 9.17) is 5.73 Å². The maximum Gasteiger partial charge on any atom is 0.227 e. The zero-order valence-corrected chi connectivity index (χ0v) is 14.9. The Bertz CT molecular complexity index is 877. The molecule has 1 saturated heterocycles. The summed E-state index contributed by atoms with van der Waals surface area (Å²) in [4.78, 5) is 26.5. The molecule has 2 aromatic carbocycles. The molecule has 3 N–H and O–H groups in total. The van der Waals surface area contributed by atoms with Crippen molar-refractivity contribution in [3.05, 3.63) is 53.6 Å². The quantitative estimate of drug-likeness (QED) is 0.757. The first-order chi connectivity index (χ1) is 12.6. The highest BCUT2D eigenvalue weighted by Gasteiger charge is 2.35. The van der Waals surface area contributed by atoms with Gasteiger partial charge in [0, 0.05) is 31.2 Å². The van der Waals surface area contributed by atoms with Crippen LogP contribution < -0.4 is 16.0 Å². The highest BCUT2D eigenvalue weighted by atomic mass is 16.2. The summed E-state index contributed by atoms with van der Waals surface area (Å²) in [5, 5.41) is 2.87. The highest BCUT2D eigenvalue weighted by molar-refractivity contribution is 6.00. The van der Waals surface area contributed by atoms with Crippen LogP contribution in [0.4, 0.5) is 5.69 Å². The Kier molecular flexibility index (Phi) is 4.24. The number of carbonyl (C=O) groups excluding carboxylic acids is 2. The van der Waals surface area contributed by atoms with Gasteiger partial charge < -0.3 is 16.0 Å². The number of benzene rings is 2. The van der Waals surface area contributed by atoms with Crippen LogP contribution in [0.5, 0.6) is 0 Å². The van der Waals surface area contributed by atoms with E-state index >= 15 is 0 Å². The number of hydrogen-bond acceptors (Lipinski definition) is 3. The SMILES string of the molecule is C[C@@H](CN)NC(=O)C1CC(=O)N(c2ccc3c(c2)Cc2ccccc2-3)C1. The third-order valence-corrected chi connectivity index (χ3v) is 5.33. The Morgan fingerprint density at radius 3 is 2.81 bits per heavy atom. The van der Waals surface area contributed by atoms with Crippen molar-refractivity contribution in [1.29, 1.82) is 0 Å². The molecule has 1 aliphatic carbocycles. The molecule has 5 heteroatoms. The summed E-state index contributed by atoms with van der Waals surface area (Å²) in [5.41, 5.74) is 11.5. The summed E-state index contributed by atoms with van der Waals surface area (Å²) in [6.07, 6.45) is 1.14. The fraction of sp³-hybridized carbons (Fsp3) is 0.333. The van der Waals surface area contributed by atoms with Crippen LogP contribution in [-0.2, 0) is 16.0 Å². The zero-order valence-electron chi connectivity index (χ0n) is 14.9. The van der Waals surface area contributed by atoms with Crippen LogP contribution in [0.25, 0.3) is 11.1 Å². The third kappa shape index (κ3) is 2.88. The van der Waals surface area contributed by atoms with Gasteiger partial charge in [0.2, 0.25) is 11.8 Å². The molecular weight excluding hydrogens is 326 g/mol. The molecule has 1 aliphatic heterocycles. The number of nitrogens with two attached hydrogens (primary N) is 1. The number of rotatable bonds is 4. The number of anilines is 1. The summed E-state index contributed by atoms with van der Waals surface area (Å²) < 4.78 is 0. The van der Waals surface area contributed by atoms with E-state index in [0.29, 0.717) is 13.1 Å². The molecule has 0 radical (unpaired) electrons. The summed E-state index contributed by atoms with van der Waals surface area (Å²) in [5.74, 6) is -0.407. The fourth-order valence-corrected chi connectivity index (χ4v) is 3.85. The normalized spacial score (nSPS) is 19.2. The van der Waals surface area contributed by atoms with Crippen molar-refractivity contribution < 1.29 is 9.59 Å². The van der Waals surface area contributed by atoms with Gasteiger partial charge in [0.05, 0.1) is 5.92 Å². The van der Waals surface area contributed by atoms with Gasteiger partial charge in [-0.1, -0.05) is 30.3 Å². The number of fused-ring (bicyclic) bond motifs is 3. The van der Waals surface area contributed by atoms with E-state index in [0.717, 1.165) is 12.1 Å². The Hall–Kier alpha value is -2.66. The number of amides is 2. The number of hydrogen-bond donors (Lipinski definition) is 2. The van der Waals surface area contributed by atoms with E-state index in [2.05, 4.69) is 41.7 Å². The Balaban J connectivity index is 1.53. The summed E-state index contributed by atoms with van der Waals surface area (Å²) >= 11 is 0. The van der Waals surface area contributed by atoms with Gasteiger partial charge in [-0.2, -0.15) is 0 Å². The molecule has 1 heterocycles. The maximum absolute atomic E-state index is 12.5. The van der Waals surface area contributed by atoms with Crippen molar-refractivity contribution >= 4 is 17.5 Å². The van der Waals surface area contributed by atoms with Crippen molar-refractivity contribution in [2.24, 2.45) is 11.7 Å². The lowest BCUT2D eigenvalue weighted by Gasteiger charge is -2.19. The molecule has 2 amide bonds. The van der Waals surface area contributed by atoms with Crippen LogP contribution in [0, 0.1) is 5.92 Å². The lowest BCUT2D eigenvalue weighted by molar-refractivity contribution is -0.126. The van der Waals surface area contributed by atoms with Gasteiger partial charge in [-0.3, -0.25) is 9.59 Å². The molecule has 134 valence electrons. The third-order valence-electron chi connectivity index (χ3n) is 5.33. The first-order valence-corrected chi connectivity index (χ1v) is 9.09. The minimum Gasteiger partial charge on any atom is -0.352 e. The first-order valence-electron chi connectivity index (χ1n) is 9.09. The van der Waals surface area contributed by atoms with Gasteiger partial charge in [0.15, 0.2) is 0 Å². The minimum atomic E-state index is -0.318. The molecule has 1 fully saturated rings. The number of nitrogens with one attached hydrogen (secondary N) is 1. The predicted octanol–water partition coefficient (Wildman–Crippen LogP) is 2.07. The average Bonchev–Trinajstić information content (AvgIpc) is 3.21. The highest BCUT2D eigenvalue weighted by Crippen LogP contribution is 2.39. The minimum absolute atomic E-state index is 0.000938. The van der Waals surface area contributed by atoms with Crippen LogP contribution in [0.3, 0.4) is 0 Å². The molecule has 5 nitrogen and oxygen atoms in total. The molecule has 0 saturated carbocycles. The summed E-state index contributed by atoms with van der Waals surface area (Å²) in [7, 11) is 0. The second-order valence-electron chi connectivity index (χ2n) is 7.23. The smallest absolute Gasteiger partial charge is 0.227 e. The van der Waals surface area contributed by atoms with Crippen molar-refractivity contribution in [3.8, 4) is 11.1 Å². The molecule has 0 aromatic heterocycles. The van der Waals surface area contributed by atoms with E-state index in [1.165, 1.54) is 22.3 Å². The Morgan fingerprint density at radius 2 is 2.00 bits per heavy atom. The van der Waals surface area contributed by atoms with Gasteiger partial charge in [0.25, 0.3) is 0 Å². The Labute approximate surface area is 153 Å². The van der Waals surface area contributed by atoms with Crippen molar-refractivity contribution in [1.82, 2.24) is 5.32 Å². The van der Waals surface area contributed by atoms with Gasteiger partial charge >= 0.3 is 0 Å². The Morgan fingerprint density at radius 1 is 1.23 bits per heavy atom. The monoisotopic (exact) mass is 349 g/mol. The van der Waals surface area contributed by atoms with E-state index in [-0.39, 0.29) is 30.2 Å². The predicted molar refractivity (Wildman–Crippen MR) is 102 cm³/mol. The van der Waals surface area contributed by atoms with Crippen molar-refractivity contribution in [2.75, 3.05) is 18.0 Å². The number of nitrogens with zero attached hydrogens (tertiary/aromatic N) is 1. The average molecular weight is 349 g/mol. The second kappa shape index (κ2) is 6.57. The second-order valence-corrected chi connectivity index (χ2v) is 7.23. The maximum atomic E-state index is 12.5. The van der Waals surface area contributed by atoms with Gasteiger partial charge in [-0.05, 0) is 47.7 Å². The van der Waals surface area contributed by atoms with E-state index in [1.54, 1.807) is 4.90 Å². The molecule has 2 atom stereocenters. The fourth-order valence-electron chi connectivity index (χ4n) is 3.85.